The Labute approximate surface area is 114 Å². The monoisotopic (exact) mass is 314 g/mol. The molecule has 1 fully saturated rings. The highest BCUT2D eigenvalue weighted by atomic mass is 79.9. The topological polar surface area (TPSA) is 46.3 Å². The molecular weight excluding hydrogens is 299 g/mol. The molecule has 5 heteroatoms. The van der Waals surface area contributed by atoms with Crippen LogP contribution in [0.2, 0.25) is 0 Å². The van der Waals surface area contributed by atoms with Gasteiger partial charge in [0.1, 0.15) is 5.82 Å². The van der Waals surface area contributed by atoms with E-state index in [9.17, 15) is 9.18 Å². The molecule has 1 aromatic rings. The van der Waals surface area contributed by atoms with Crippen molar-refractivity contribution in [3.8, 4) is 0 Å². The van der Waals surface area contributed by atoms with Crippen molar-refractivity contribution in [1.29, 1.82) is 0 Å². The Morgan fingerprint density at radius 2 is 2.22 bits per heavy atom. The second kappa shape index (κ2) is 5.26. The second-order valence-electron chi connectivity index (χ2n) is 4.84. The lowest BCUT2D eigenvalue weighted by molar-refractivity contribution is 0.0744. The summed E-state index contributed by atoms with van der Waals surface area (Å²) in [5.74, 6) is -0.0314. The van der Waals surface area contributed by atoms with Crippen molar-refractivity contribution >= 4 is 27.5 Å². The first-order valence-corrected chi connectivity index (χ1v) is 6.78. The number of halogens is 2. The van der Waals surface area contributed by atoms with Gasteiger partial charge < -0.3 is 10.6 Å². The molecule has 0 radical (unpaired) electrons. The fourth-order valence-electron chi connectivity index (χ4n) is 2.08. The van der Waals surface area contributed by atoms with Crippen LogP contribution in [0.5, 0.6) is 0 Å². The molecule has 0 aliphatic heterocycles. The Bertz CT molecular complexity index is 474. The average Bonchev–Trinajstić information content (AvgIpc) is 2.27. The van der Waals surface area contributed by atoms with Crippen LogP contribution in [0.15, 0.2) is 16.6 Å². The predicted molar refractivity (Wildman–Crippen MR) is 72.8 cm³/mol. The summed E-state index contributed by atoms with van der Waals surface area (Å²) in [6.45, 7) is 0.753. The van der Waals surface area contributed by atoms with Crippen LogP contribution in [0.4, 0.5) is 10.1 Å². The summed E-state index contributed by atoms with van der Waals surface area (Å²) in [5, 5.41) is 0. The number of benzene rings is 1. The van der Waals surface area contributed by atoms with Crippen molar-refractivity contribution in [3.63, 3.8) is 0 Å². The van der Waals surface area contributed by atoms with Crippen LogP contribution in [0.1, 0.15) is 29.6 Å². The molecule has 0 heterocycles. The molecule has 0 aromatic heterocycles. The van der Waals surface area contributed by atoms with Crippen LogP contribution in [0.25, 0.3) is 0 Å². The van der Waals surface area contributed by atoms with Gasteiger partial charge in [-0.3, -0.25) is 4.79 Å². The first kappa shape index (κ1) is 13.3. The van der Waals surface area contributed by atoms with Gasteiger partial charge in [-0.25, -0.2) is 4.39 Å². The molecule has 1 saturated carbocycles. The number of carbonyl (C=O) groups excluding carboxylic acids is 1. The lowest BCUT2D eigenvalue weighted by atomic mass is 9.85. The Morgan fingerprint density at radius 1 is 1.56 bits per heavy atom. The third-order valence-electron chi connectivity index (χ3n) is 3.42. The summed E-state index contributed by atoms with van der Waals surface area (Å²) in [5.41, 5.74) is 5.91. The van der Waals surface area contributed by atoms with E-state index >= 15 is 0 Å². The van der Waals surface area contributed by atoms with E-state index in [4.69, 9.17) is 5.73 Å². The number of anilines is 1. The van der Waals surface area contributed by atoms with E-state index in [0.717, 1.165) is 6.54 Å². The molecule has 1 aliphatic rings. The average molecular weight is 315 g/mol. The van der Waals surface area contributed by atoms with Gasteiger partial charge in [0.05, 0.1) is 11.3 Å². The molecule has 18 heavy (non-hydrogen) atoms. The molecule has 0 spiro atoms. The Morgan fingerprint density at radius 3 is 2.78 bits per heavy atom. The van der Waals surface area contributed by atoms with E-state index in [1.54, 1.807) is 11.9 Å². The zero-order valence-electron chi connectivity index (χ0n) is 10.2. The molecule has 2 N–H and O–H groups in total. The maximum absolute atomic E-state index is 13.2. The van der Waals surface area contributed by atoms with Crippen LogP contribution in [-0.2, 0) is 0 Å². The minimum Gasteiger partial charge on any atom is -0.396 e. The van der Waals surface area contributed by atoms with Gasteiger partial charge in [0, 0.05) is 18.1 Å². The van der Waals surface area contributed by atoms with E-state index in [-0.39, 0.29) is 11.6 Å². The van der Waals surface area contributed by atoms with Gasteiger partial charge >= 0.3 is 0 Å². The Hall–Kier alpha value is -1.10. The number of nitrogens with zero attached hydrogens (tertiary/aromatic N) is 1. The van der Waals surface area contributed by atoms with Crippen LogP contribution in [-0.4, -0.2) is 24.4 Å². The van der Waals surface area contributed by atoms with Gasteiger partial charge in [-0.1, -0.05) is 6.42 Å². The van der Waals surface area contributed by atoms with Crippen molar-refractivity contribution in [2.45, 2.75) is 19.3 Å². The molecule has 1 aliphatic carbocycles. The number of nitrogen functional groups attached to an aromatic ring is 1. The third kappa shape index (κ3) is 2.66. The van der Waals surface area contributed by atoms with Crippen molar-refractivity contribution in [3.05, 3.63) is 28.0 Å². The molecule has 0 saturated heterocycles. The molecule has 1 aromatic carbocycles. The van der Waals surface area contributed by atoms with Gasteiger partial charge in [-0.15, -0.1) is 0 Å². The molecule has 1 amide bonds. The largest absolute Gasteiger partial charge is 0.396 e. The van der Waals surface area contributed by atoms with E-state index in [1.807, 2.05) is 0 Å². The number of hydrogen-bond acceptors (Lipinski definition) is 2. The number of carbonyl (C=O) groups is 1. The van der Waals surface area contributed by atoms with Crippen molar-refractivity contribution in [1.82, 2.24) is 4.90 Å². The van der Waals surface area contributed by atoms with Crippen molar-refractivity contribution in [2.75, 3.05) is 19.3 Å². The minimum atomic E-state index is -0.514. The van der Waals surface area contributed by atoms with Gasteiger partial charge in [-0.05, 0) is 46.8 Å². The summed E-state index contributed by atoms with van der Waals surface area (Å²) in [4.78, 5) is 13.9. The highest BCUT2D eigenvalue weighted by molar-refractivity contribution is 9.10. The van der Waals surface area contributed by atoms with Crippen LogP contribution in [0.3, 0.4) is 0 Å². The smallest absolute Gasteiger partial charge is 0.254 e. The van der Waals surface area contributed by atoms with Crippen LogP contribution in [0, 0.1) is 11.7 Å². The zero-order chi connectivity index (χ0) is 13.3. The van der Waals surface area contributed by atoms with Crippen molar-refractivity contribution in [2.24, 2.45) is 5.92 Å². The molecule has 98 valence electrons. The summed E-state index contributed by atoms with van der Waals surface area (Å²) in [6, 6.07) is 2.62. The van der Waals surface area contributed by atoms with Gasteiger partial charge in [0.2, 0.25) is 0 Å². The van der Waals surface area contributed by atoms with Gasteiger partial charge in [0.25, 0.3) is 5.91 Å². The lowest BCUT2D eigenvalue weighted by Crippen LogP contribution is -2.34. The zero-order valence-corrected chi connectivity index (χ0v) is 11.8. The summed E-state index contributed by atoms with van der Waals surface area (Å²) < 4.78 is 13.7. The first-order chi connectivity index (χ1) is 8.49. The number of amides is 1. The van der Waals surface area contributed by atoms with Gasteiger partial charge in [0.15, 0.2) is 0 Å². The normalized spacial score (nSPS) is 15.3. The number of rotatable bonds is 3. The fourth-order valence-corrected chi connectivity index (χ4v) is 2.57. The molecular formula is C13H16BrFN2O. The second-order valence-corrected chi connectivity index (χ2v) is 5.69. The molecule has 0 atom stereocenters. The fraction of sp³-hybridized carbons (Fsp3) is 0.462. The number of hydrogen-bond donors (Lipinski definition) is 1. The van der Waals surface area contributed by atoms with E-state index < -0.39 is 5.82 Å². The Balaban J connectivity index is 2.14. The quantitative estimate of drug-likeness (QED) is 0.872. The lowest BCUT2D eigenvalue weighted by Gasteiger charge is -2.30. The number of nitrogens with two attached hydrogens (primary N) is 1. The molecule has 3 nitrogen and oxygen atoms in total. The standard InChI is InChI=1S/C13H16BrFN2O/c1-17(7-8-3-2-4-8)13(18)9-5-12(16)11(15)6-10(9)14/h5-6,8H,2-4,7,16H2,1H3. The van der Waals surface area contributed by atoms with E-state index in [0.29, 0.717) is 16.0 Å². The predicted octanol–water partition coefficient (Wildman–Crippen LogP) is 3.04. The maximum Gasteiger partial charge on any atom is 0.254 e. The summed E-state index contributed by atoms with van der Waals surface area (Å²) in [7, 11) is 1.77. The van der Waals surface area contributed by atoms with Crippen molar-refractivity contribution < 1.29 is 9.18 Å². The van der Waals surface area contributed by atoms with Crippen LogP contribution >= 0.6 is 15.9 Å². The summed E-state index contributed by atoms with van der Waals surface area (Å²) >= 11 is 3.20. The molecule has 2 rings (SSSR count). The highest BCUT2D eigenvalue weighted by Crippen LogP contribution is 2.28. The maximum atomic E-state index is 13.2. The third-order valence-corrected chi connectivity index (χ3v) is 4.08. The molecule has 0 unspecified atom stereocenters. The van der Waals surface area contributed by atoms with E-state index in [2.05, 4.69) is 15.9 Å². The Kier molecular flexibility index (Phi) is 3.90. The molecule has 0 bridgehead atoms. The minimum absolute atomic E-state index is 0.00130. The van der Waals surface area contributed by atoms with E-state index in [1.165, 1.54) is 31.4 Å². The van der Waals surface area contributed by atoms with Gasteiger partial charge in [-0.2, -0.15) is 0 Å². The highest BCUT2D eigenvalue weighted by Gasteiger charge is 2.23. The first-order valence-electron chi connectivity index (χ1n) is 5.99. The summed E-state index contributed by atoms with van der Waals surface area (Å²) in [6.07, 6.45) is 3.62. The van der Waals surface area contributed by atoms with Crippen LogP contribution < -0.4 is 5.73 Å². The SMILES string of the molecule is CN(CC1CCC1)C(=O)c1cc(N)c(F)cc1Br.